The third kappa shape index (κ3) is 4.54. The number of hydrogen-bond acceptors (Lipinski definition) is 7. The van der Waals surface area contributed by atoms with Gasteiger partial charge in [0.1, 0.15) is 17.1 Å². The number of benzene rings is 2. The Balaban J connectivity index is 2.25. The molecule has 2 aromatic carbocycles. The molecule has 2 rings (SSSR count). The van der Waals surface area contributed by atoms with E-state index in [1.54, 1.807) is 18.2 Å². The summed E-state index contributed by atoms with van der Waals surface area (Å²) in [6.07, 6.45) is 0. The predicted octanol–water partition coefficient (Wildman–Crippen LogP) is 3.10. The number of thiocarbonyl (C=S) groups is 1. The molecule has 0 radical (unpaired) electrons. The molecule has 2 aromatic rings. The van der Waals surface area contributed by atoms with Crippen molar-refractivity contribution >= 4 is 46.2 Å². The van der Waals surface area contributed by atoms with Gasteiger partial charge in [0.25, 0.3) is 11.6 Å². The Hall–Kier alpha value is -3.11. The number of nitro groups is 1. The standard InChI is InChI=1S/C16H14ClN3O6S/c1-25-11-4-3-5-12(26-2)13(11)15(22)19-16(27)18-10-7-8(20(23)24)6-9(17)14(10)21/h3-7,21H,1-2H3,(H2,18,19,22,27). The highest BCUT2D eigenvalue weighted by Gasteiger charge is 2.20. The van der Waals surface area contributed by atoms with Gasteiger partial charge in [-0.1, -0.05) is 17.7 Å². The van der Waals surface area contributed by atoms with E-state index >= 15 is 0 Å². The summed E-state index contributed by atoms with van der Waals surface area (Å²) in [7, 11) is 2.79. The molecule has 0 heterocycles. The van der Waals surface area contributed by atoms with Gasteiger partial charge in [-0.05, 0) is 24.4 Å². The van der Waals surface area contributed by atoms with Gasteiger partial charge in [0.2, 0.25) is 0 Å². The summed E-state index contributed by atoms with van der Waals surface area (Å²) in [5.74, 6) is -0.571. The van der Waals surface area contributed by atoms with E-state index in [0.29, 0.717) is 0 Å². The molecule has 0 saturated heterocycles. The predicted molar refractivity (Wildman–Crippen MR) is 103 cm³/mol. The highest BCUT2D eigenvalue weighted by Crippen LogP contribution is 2.36. The van der Waals surface area contributed by atoms with Gasteiger partial charge in [-0.2, -0.15) is 0 Å². The van der Waals surface area contributed by atoms with Crippen molar-refractivity contribution < 1.29 is 24.3 Å². The van der Waals surface area contributed by atoms with Gasteiger partial charge >= 0.3 is 0 Å². The first-order chi connectivity index (χ1) is 12.8. The molecule has 142 valence electrons. The number of halogens is 1. The average molecular weight is 412 g/mol. The van der Waals surface area contributed by atoms with Gasteiger partial charge < -0.3 is 19.9 Å². The van der Waals surface area contributed by atoms with Crippen molar-refractivity contribution in [3.05, 3.63) is 51.0 Å². The molecular weight excluding hydrogens is 398 g/mol. The number of carbonyl (C=O) groups excluding carboxylic acids is 1. The van der Waals surface area contributed by atoms with Gasteiger partial charge in [-0.3, -0.25) is 20.2 Å². The number of carbonyl (C=O) groups is 1. The quantitative estimate of drug-likeness (QED) is 0.297. The molecule has 0 aliphatic rings. The number of nitrogens with zero attached hydrogens (tertiary/aromatic N) is 1. The van der Waals surface area contributed by atoms with Crippen LogP contribution in [0.4, 0.5) is 11.4 Å². The second-order valence-corrected chi connectivity index (χ2v) is 5.84. The summed E-state index contributed by atoms with van der Waals surface area (Å²) in [5.41, 5.74) is -0.389. The average Bonchev–Trinajstić information content (AvgIpc) is 2.63. The van der Waals surface area contributed by atoms with E-state index in [2.05, 4.69) is 10.6 Å². The number of hydrogen-bond donors (Lipinski definition) is 3. The number of nitrogens with one attached hydrogen (secondary N) is 2. The third-order valence-corrected chi connectivity index (χ3v) is 3.88. The molecule has 0 bridgehead atoms. The maximum absolute atomic E-state index is 12.5. The number of anilines is 1. The van der Waals surface area contributed by atoms with E-state index in [9.17, 15) is 20.0 Å². The Morgan fingerprint density at radius 3 is 2.37 bits per heavy atom. The molecule has 0 unspecified atom stereocenters. The van der Waals surface area contributed by atoms with Crippen LogP contribution in [0.15, 0.2) is 30.3 Å². The largest absolute Gasteiger partial charge is 0.504 e. The summed E-state index contributed by atoms with van der Waals surface area (Å²) < 4.78 is 10.3. The smallest absolute Gasteiger partial charge is 0.273 e. The fraction of sp³-hybridized carbons (Fsp3) is 0.125. The first-order valence-corrected chi connectivity index (χ1v) is 8.07. The summed E-state index contributed by atoms with van der Waals surface area (Å²) in [6.45, 7) is 0. The van der Waals surface area contributed by atoms with E-state index in [4.69, 9.17) is 33.3 Å². The molecule has 0 atom stereocenters. The maximum Gasteiger partial charge on any atom is 0.273 e. The maximum atomic E-state index is 12.5. The molecule has 9 nitrogen and oxygen atoms in total. The fourth-order valence-corrected chi connectivity index (χ4v) is 2.60. The van der Waals surface area contributed by atoms with Crippen LogP contribution in [0.25, 0.3) is 0 Å². The van der Waals surface area contributed by atoms with Crippen LogP contribution < -0.4 is 20.1 Å². The fourth-order valence-electron chi connectivity index (χ4n) is 2.18. The minimum Gasteiger partial charge on any atom is -0.504 e. The second kappa shape index (κ2) is 8.52. The highest BCUT2D eigenvalue weighted by atomic mass is 35.5. The number of aromatic hydroxyl groups is 1. The van der Waals surface area contributed by atoms with Crippen molar-refractivity contribution in [2.24, 2.45) is 0 Å². The van der Waals surface area contributed by atoms with Gasteiger partial charge in [-0.15, -0.1) is 0 Å². The van der Waals surface area contributed by atoms with E-state index in [0.717, 1.165) is 12.1 Å². The van der Waals surface area contributed by atoms with Crippen molar-refractivity contribution in [1.82, 2.24) is 5.32 Å². The summed E-state index contributed by atoms with van der Waals surface area (Å²) >= 11 is 10.8. The van der Waals surface area contributed by atoms with E-state index in [1.807, 2.05) is 0 Å². The van der Waals surface area contributed by atoms with Crippen LogP contribution in [-0.4, -0.2) is 35.3 Å². The number of nitro benzene ring substituents is 1. The number of rotatable bonds is 5. The third-order valence-electron chi connectivity index (χ3n) is 3.39. The minimum atomic E-state index is -0.683. The van der Waals surface area contributed by atoms with E-state index in [-0.39, 0.29) is 38.6 Å². The molecule has 1 amide bonds. The Morgan fingerprint density at radius 2 is 1.85 bits per heavy atom. The minimum absolute atomic E-state index is 0.105. The Morgan fingerprint density at radius 1 is 1.26 bits per heavy atom. The number of ether oxygens (including phenoxy) is 2. The molecular formula is C16H14ClN3O6S. The molecule has 0 fully saturated rings. The highest BCUT2D eigenvalue weighted by molar-refractivity contribution is 7.80. The number of phenols is 1. The SMILES string of the molecule is COc1cccc(OC)c1C(=O)NC(=S)Nc1cc([N+](=O)[O-])cc(Cl)c1O. The van der Waals surface area contributed by atoms with Crippen molar-refractivity contribution in [2.45, 2.75) is 0 Å². The molecule has 0 aliphatic carbocycles. The zero-order valence-corrected chi connectivity index (χ0v) is 15.7. The van der Waals surface area contributed by atoms with E-state index in [1.165, 1.54) is 14.2 Å². The lowest BCUT2D eigenvalue weighted by molar-refractivity contribution is -0.384. The lowest BCUT2D eigenvalue weighted by atomic mass is 10.1. The summed E-state index contributed by atoms with van der Waals surface area (Å²) in [6, 6.07) is 6.81. The Kier molecular flexibility index (Phi) is 6.37. The van der Waals surface area contributed by atoms with Crippen LogP contribution in [0.3, 0.4) is 0 Å². The van der Waals surface area contributed by atoms with Crippen molar-refractivity contribution in [3.63, 3.8) is 0 Å². The molecule has 3 N–H and O–H groups in total. The topological polar surface area (TPSA) is 123 Å². The van der Waals surface area contributed by atoms with E-state index < -0.39 is 16.6 Å². The number of phenolic OH excluding ortho intramolecular Hbond substituents is 1. The molecule has 0 saturated carbocycles. The first kappa shape index (κ1) is 20.2. The number of methoxy groups -OCH3 is 2. The zero-order chi connectivity index (χ0) is 20.1. The molecule has 27 heavy (non-hydrogen) atoms. The normalized spacial score (nSPS) is 10.0. The molecule has 0 aliphatic heterocycles. The number of amides is 1. The van der Waals surface area contributed by atoms with Gasteiger partial charge in [0.05, 0.1) is 29.9 Å². The van der Waals surface area contributed by atoms with Crippen molar-refractivity contribution in [1.29, 1.82) is 0 Å². The van der Waals surface area contributed by atoms with Crippen LogP contribution in [-0.2, 0) is 0 Å². The molecule has 0 spiro atoms. The molecule has 0 aromatic heterocycles. The van der Waals surface area contributed by atoms with Gasteiger partial charge in [0, 0.05) is 12.1 Å². The second-order valence-electron chi connectivity index (χ2n) is 5.03. The van der Waals surface area contributed by atoms with Crippen molar-refractivity contribution in [3.8, 4) is 17.2 Å². The van der Waals surface area contributed by atoms with Gasteiger partial charge in [0.15, 0.2) is 10.9 Å². The van der Waals surface area contributed by atoms with Crippen LogP contribution >= 0.6 is 23.8 Å². The Bertz CT molecular complexity index is 899. The zero-order valence-electron chi connectivity index (χ0n) is 14.1. The first-order valence-electron chi connectivity index (χ1n) is 7.28. The number of non-ortho nitro benzene ring substituents is 1. The van der Waals surface area contributed by atoms with Gasteiger partial charge in [-0.25, -0.2) is 0 Å². The summed E-state index contributed by atoms with van der Waals surface area (Å²) in [4.78, 5) is 22.8. The Labute approximate surface area is 164 Å². The van der Waals surface area contributed by atoms with Crippen LogP contribution in [0, 0.1) is 10.1 Å². The summed E-state index contributed by atoms with van der Waals surface area (Å²) in [5, 5.41) is 25.3. The lowest BCUT2D eigenvalue weighted by Crippen LogP contribution is -2.34. The van der Waals surface area contributed by atoms with Crippen LogP contribution in [0.5, 0.6) is 17.2 Å². The lowest BCUT2D eigenvalue weighted by Gasteiger charge is -2.15. The molecule has 11 heteroatoms. The monoisotopic (exact) mass is 411 g/mol. The van der Waals surface area contributed by atoms with Crippen LogP contribution in [0.2, 0.25) is 5.02 Å². The van der Waals surface area contributed by atoms with Crippen LogP contribution in [0.1, 0.15) is 10.4 Å². The van der Waals surface area contributed by atoms with Crippen molar-refractivity contribution in [2.75, 3.05) is 19.5 Å².